The van der Waals surface area contributed by atoms with Gasteiger partial charge in [0.25, 0.3) is 0 Å². The summed E-state index contributed by atoms with van der Waals surface area (Å²) < 4.78 is 0. The van der Waals surface area contributed by atoms with Crippen LogP contribution in [-0.2, 0) is 19.4 Å². The van der Waals surface area contributed by atoms with Crippen molar-refractivity contribution in [1.82, 2.24) is 4.98 Å². The van der Waals surface area contributed by atoms with E-state index in [9.17, 15) is 0 Å². The third-order valence-electron chi connectivity index (χ3n) is 4.45. The maximum atomic E-state index is 5.89. The molecule has 0 aliphatic heterocycles. The van der Waals surface area contributed by atoms with E-state index in [4.69, 9.17) is 10.7 Å². The van der Waals surface area contributed by atoms with Crippen LogP contribution in [0.4, 0.5) is 5.82 Å². The molecule has 1 aromatic rings. The van der Waals surface area contributed by atoms with Gasteiger partial charge in [0.1, 0.15) is 5.82 Å². The summed E-state index contributed by atoms with van der Waals surface area (Å²) in [5.41, 5.74) is 9.85. The highest BCUT2D eigenvalue weighted by Gasteiger charge is 2.22. The average Bonchev–Trinajstić information content (AvgIpc) is 2.78. The van der Waals surface area contributed by atoms with Gasteiger partial charge in [-0.2, -0.15) is 0 Å². The van der Waals surface area contributed by atoms with Crippen molar-refractivity contribution in [2.45, 2.75) is 45.1 Å². The van der Waals surface area contributed by atoms with Crippen molar-refractivity contribution in [3.63, 3.8) is 0 Å². The van der Waals surface area contributed by atoms with Gasteiger partial charge in [0.2, 0.25) is 0 Å². The van der Waals surface area contributed by atoms with E-state index in [0.29, 0.717) is 6.54 Å². The van der Waals surface area contributed by atoms with E-state index in [1.165, 1.54) is 48.9 Å². The van der Waals surface area contributed by atoms with Gasteiger partial charge < -0.3 is 10.6 Å². The number of aromatic nitrogens is 1. The zero-order chi connectivity index (χ0) is 12.5. The van der Waals surface area contributed by atoms with Crippen molar-refractivity contribution in [1.29, 1.82) is 0 Å². The first-order valence-electron chi connectivity index (χ1n) is 7.21. The Bertz CT molecular complexity index is 438. The van der Waals surface area contributed by atoms with Crippen molar-refractivity contribution in [3.8, 4) is 0 Å². The predicted molar refractivity (Wildman–Crippen MR) is 74.8 cm³/mol. The standard InChI is InChI=1S/C15H23N3/c1-18(10-11-4-2-5-11)15-13(9-16)8-12-6-3-7-14(12)17-15/h8,11H,2-7,9-10,16H2,1H3. The summed E-state index contributed by atoms with van der Waals surface area (Å²) in [6, 6.07) is 2.29. The molecule has 3 rings (SSSR count). The van der Waals surface area contributed by atoms with E-state index in [0.717, 1.165) is 24.7 Å². The fourth-order valence-corrected chi connectivity index (χ4v) is 3.14. The fraction of sp³-hybridized carbons (Fsp3) is 0.667. The molecular weight excluding hydrogens is 222 g/mol. The number of nitrogens with zero attached hydrogens (tertiary/aromatic N) is 2. The molecule has 3 nitrogen and oxygen atoms in total. The molecule has 1 aromatic heterocycles. The summed E-state index contributed by atoms with van der Waals surface area (Å²) in [5, 5.41) is 0. The Kier molecular flexibility index (Phi) is 3.25. The van der Waals surface area contributed by atoms with E-state index in [1.807, 2.05) is 0 Å². The highest BCUT2D eigenvalue weighted by molar-refractivity contribution is 5.50. The molecule has 0 saturated heterocycles. The molecule has 1 fully saturated rings. The van der Waals surface area contributed by atoms with Crippen LogP contribution in [0.1, 0.15) is 42.5 Å². The second kappa shape index (κ2) is 4.88. The molecular formula is C15H23N3. The zero-order valence-electron chi connectivity index (χ0n) is 11.3. The van der Waals surface area contributed by atoms with E-state index < -0.39 is 0 Å². The van der Waals surface area contributed by atoms with Gasteiger partial charge in [-0.3, -0.25) is 0 Å². The number of anilines is 1. The molecule has 0 aromatic carbocycles. The molecule has 0 spiro atoms. The fourth-order valence-electron chi connectivity index (χ4n) is 3.14. The molecule has 2 aliphatic rings. The second-order valence-electron chi connectivity index (χ2n) is 5.81. The maximum absolute atomic E-state index is 5.89. The zero-order valence-corrected chi connectivity index (χ0v) is 11.3. The van der Waals surface area contributed by atoms with Gasteiger partial charge in [0, 0.05) is 31.4 Å². The molecule has 18 heavy (non-hydrogen) atoms. The molecule has 98 valence electrons. The van der Waals surface area contributed by atoms with Gasteiger partial charge >= 0.3 is 0 Å². The normalized spacial score (nSPS) is 18.6. The average molecular weight is 245 g/mol. The molecule has 0 amide bonds. The van der Waals surface area contributed by atoms with Gasteiger partial charge in [-0.05, 0) is 49.7 Å². The molecule has 0 bridgehead atoms. The Hall–Kier alpha value is -1.09. The summed E-state index contributed by atoms with van der Waals surface area (Å²) in [7, 11) is 2.17. The highest BCUT2D eigenvalue weighted by Crippen LogP contribution is 2.31. The molecule has 1 saturated carbocycles. The largest absolute Gasteiger partial charge is 0.359 e. The number of pyridine rings is 1. The maximum Gasteiger partial charge on any atom is 0.133 e. The first kappa shape index (κ1) is 12.0. The Morgan fingerprint density at radius 1 is 1.33 bits per heavy atom. The van der Waals surface area contributed by atoms with E-state index >= 15 is 0 Å². The SMILES string of the molecule is CN(CC1CCC1)c1nc2c(cc1CN)CCC2. The van der Waals surface area contributed by atoms with Crippen molar-refractivity contribution in [3.05, 3.63) is 22.9 Å². The number of rotatable bonds is 4. The topological polar surface area (TPSA) is 42.2 Å². The van der Waals surface area contributed by atoms with Crippen LogP contribution in [0, 0.1) is 5.92 Å². The molecule has 0 atom stereocenters. The van der Waals surface area contributed by atoms with Crippen molar-refractivity contribution >= 4 is 5.82 Å². The summed E-state index contributed by atoms with van der Waals surface area (Å²) in [4.78, 5) is 7.21. The first-order valence-corrected chi connectivity index (χ1v) is 7.21. The summed E-state index contributed by atoms with van der Waals surface area (Å²) in [5.74, 6) is 2.00. The van der Waals surface area contributed by atoms with Gasteiger partial charge in [-0.25, -0.2) is 4.98 Å². The molecule has 3 heteroatoms. The van der Waals surface area contributed by atoms with Gasteiger partial charge in [0.05, 0.1) is 0 Å². The highest BCUT2D eigenvalue weighted by atomic mass is 15.2. The van der Waals surface area contributed by atoms with Crippen molar-refractivity contribution in [2.24, 2.45) is 11.7 Å². The Balaban J connectivity index is 1.84. The molecule has 2 N–H and O–H groups in total. The van der Waals surface area contributed by atoms with Crippen LogP contribution in [0.5, 0.6) is 0 Å². The summed E-state index contributed by atoms with van der Waals surface area (Å²) in [6.07, 6.45) is 7.74. The minimum Gasteiger partial charge on any atom is -0.359 e. The number of aryl methyl sites for hydroxylation is 2. The third-order valence-corrected chi connectivity index (χ3v) is 4.45. The minimum absolute atomic E-state index is 0.602. The van der Waals surface area contributed by atoms with E-state index in [1.54, 1.807) is 0 Å². The van der Waals surface area contributed by atoms with Crippen LogP contribution < -0.4 is 10.6 Å². The molecule has 0 radical (unpaired) electrons. The molecule has 0 unspecified atom stereocenters. The van der Waals surface area contributed by atoms with Gasteiger partial charge in [-0.15, -0.1) is 0 Å². The quantitative estimate of drug-likeness (QED) is 0.885. The molecule has 1 heterocycles. The first-order chi connectivity index (χ1) is 8.78. The summed E-state index contributed by atoms with van der Waals surface area (Å²) in [6.45, 7) is 1.74. The Morgan fingerprint density at radius 2 is 2.17 bits per heavy atom. The summed E-state index contributed by atoms with van der Waals surface area (Å²) >= 11 is 0. The smallest absolute Gasteiger partial charge is 0.133 e. The lowest BCUT2D eigenvalue weighted by molar-refractivity contribution is 0.321. The van der Waals surface area contributed by atoms with Gasteiger partial charge in [0.15, 0.2) is 0 Å². The third kappa shape index (κ3) is 2.12. The van der Waals surface area contributed by atoms with E-state index in [2.05, 4.69) is 18.0 Å². The lowest BCUT2D eigenvalue weighted by Gasteiger charge is -2.31. The van der Waals surface area contributed by atoms with Crippen LogP contribution in [0.2, 0.25) is 0 Å². The number of nitrogens with two attached hydrogens (primary N) is 1. The number of hydrogen-bond donors (Lipinski definition) is 1. The van der Waals surface area contributed by atoms with Crippen LogP contribution >= 0.6 is 0 Å². The number of fused-ring (bicyclic) bond motifs is 1. The van der Waals surface area contributed by atoms with E-state index in [-0.39, 0.29) is 0 Å². The monoisotopic (exact) mass is 245 g/mol. The molecule has 2 aliphatic carbocycles. The van der Waals surface area contributed by atoms with Crippen LogP contribution in [0.3, 0.4) is 0 Å². The van der Waals surface area contributed by atoms with Crippen molar-refractivity contribution < 1.29 is 0 Å². The van der Waals surface area contributed by atoms with Crippen molar-refractivity contribution in [2.75, 3.05) is 18.5 Å². The van der Waals surface area contributed by atoms with Gasteiger partial charge in [-0.1, -0.05) is 6.42 Å². The van der Waals surface area contributed by atoms with Crippen LogP contribution in [0.25, 0.3) is 0 Å². The lowest BCUT2D eigenvalue weighted by Crippen LogP contribution is -2.31. The van der Waals surface area contributed by atoms with Crippen LogP contribution in [-0.4, -0.2) is 18.6 Å². The second-order valence-corrected chi connectivity index (χ2v) is 5.81. The number of hydrogen-bond acceptors (Lipinski definition) is 3. The van der Waals surface area contributed by atoms with Crippen LogP contribution in [0.15, 0.2) is 6.07 Å². The predicted octanol–water partition coefficient (Wildman–Crippen LogP) is 2.27. The minimum atomic E-state index is 0.602. The Labute approximate surface area is 109 Å². The lowest BCUT2D eigenvalue weighted by atomic mass is 9.85. The Morgan fingerprint density at radius 3 is 2.83 bits per heavy atom.